The van der Waals surface area contributed by atoms with Crippen molar-refractivity contribution in [2.75, 3.05) is 13.2 Å². The number of aliphatic hydroxyl groups is 7. The number of unbranched alkanes of at least 4 members (excludes halogenated alkanes) is 27. The van der Waals surface area contributed by atoms with Crippen LogP contribution >= 0.6 is 0 Å². The highest BCUT2D eigenvalue weighted by Gasteiger charge is 2.44. The molecular weight excluding hydrogens is 823 g/mol. The fraction of sp³-hybridized carbons (Fsp3) is 0.870. The van der Waals surface area contributed by atoms with Gasteiger partial charge in [0.1, 0.15) is 36.6 Å². The molecule has 1 aliphatic heterocycles. The Bertz CT molecular complexity index is 1150. The summed E-state index contributed by atoms with van der Waals surface area (Å²) in [7, 11) is 0. The number of ether oxygens (including phenoxy) is 2. The number of carbonyl (C=O) groups excluding carboxylic acids is 1. The normalized spacial score (nSPS) is 21.2. The van der Waals surface area contributed by atoms with Crippen molar-refractivity contribution >= 4 is 5.91 Å². The molecule has 1 saturated heterocycles. The van der Waals surface area contributed by atoms with Gasteiger partial charge in [-0.05, 0) is 64.2 Å². The largest absolute Gasteiger partial charge is 0.394 e. The van der Waals surface area contributed by atoms with Gasteiger partial charge in [-0.2, -0.15) is 0 Å². The van der Waals surface area contributed by atoms with Crippen LogP contribution in [0.5, 0.6) is 0 Å². The summed E-state index contributed by atoms with van der Waals surface area (Å²) in [5.41, 5.74) is 0. The summed E-state index contributed by atoms with van der Waals surface area (Å²) in [5, 5.41) is 75.9. The van der Waals surface area contributed by atoms with Crippen LogP contribution < -0.4 is 5.32 Å². The molecule has 0 aromatic rings. The molecule has 8 N–H and O–H groups in total. The number of nitrogens with one attached hydrogen (secondary N) is 1. The Hall–Kier alpha value is -1.67. The maximum atomic E-state index is 13.1. The monoisotopic (exact) mass is 924 g/mol. The topological polar surface area (TPSA) is 189 Å². The van der Waals surface area contributed by atoms with Crippen LogP contribution in [-0.4, -0.2) is 110 Å². The average molecular weight is 924 g/mol. The van der Waals surface area contributed by atoms with Gasteiger partial charge in [0.05, 0.1) is 25.4 Å². The number of allylic oxidation sites excluding steroid dienone is 6. The van der Waals surface area contributed by atoms with E-state index in [1.165, 1.54) is 141 Å². The Morgan fingerprint density at radius 3 is 1.37 bits per heavy atom. The fourth-order valence-corrected chi connectivity index (χ4v) is 8.47. The van der Waals surface area contributed by atoms with E-state index in [4.69, 9.17) is 9.47 Å². The fourth-order valence-electron chi connectivity index (χ4n) is 8.47. The van der Waals surface area contributed by atoms with Gasteiger partial charge in [-0.25, -0.2) is 0 Å². The summed E-state index contributed by atoms with van der Waals surface area (Å²) < 4.78 is 11.1. The lowest BCUT2D eigenvalue weighted by Gasteiger charge is -2.40. The van der Waals surface area contributed by atoms with Crippen molar-refractivity contribution in [3.8, 4) is 0 Å². The van der Waals surface area contributed by atoms with E-state index in [1.807, 2.05) is 0 Å². The molecule has 0 aliphatic carbocycles. The molecule has 1 amide bonds. The average Bonchev–Trinajstić information content (AvgIpc) is 3.31. The number of rotatable bonds is 45. The predicted molar refractivity (Wildman–Crippen MR) is 265 cm³/mol. The molecule has 1 aliphatic rings. The Morgan fingerprint density at radius 2 is 0.923 bits per heavy atom. The third-order valence-corrected chi connectivity index (χ3v) is 12.9. The van der Waals surface area contributed by atoms with Crippen molar-refractivity contribution < 1.29 is 50.0 Å². The Labute approximate surface area is 397 Å². The molecule has 382 valence electrons. The van der Waals surface area contributed by atoms with E-state index in [1.54, 1.807) is 0 Å². The van der Waals surface area contributed by atoms with Crippen LogP contribution in [0, 0.1) is 0 Å². The minimum Gasteiger partial charge on any atom is -0.394 e. The van der Waals surface area contributed by atoms with Crippen LogP contribution in [0.25, 0.3) is 0 Å². The van der Waals surface area contributed by atoms with E-state index in [0.717, 1.165) is 44.9 Å². The molecule has 11 heteroatoms. The summed E-state index contributed by atoms with van der Waals surface area (Å²) in [5.74, 6) is -0.711. The molecule has 0 aromatic heterocycles. The second kappa shape index (κ2) is 43.6. The van der Waals surface area contributed by atoms with Gasteiger partial charge in [0.2, 0.25) is 5.91 Å². The molecular formula is C54H101NO10. The van der Waals surface area contributed by atoms with E-state index in [0.29, 0.717) is 19.3 Å². The van der Waals surface area contributed by atoms with Crippen molar-refractivity contribution in [2.24, 2.45) is 0 Å². The van der Waals surface area contributed by atoms with Crippen LogP contribution in [0.15, 0.2) is 36.5 Å². The molecule has 0 radical (unpaired) electrons. The first-order chi connectivity index (χ1) is 31.7. The smallest absolute Gasteiger partial charge is 0.249 e. The van der Waals surface area contributed by atoms with Gasteiger partial charge in [0.15, 0.2) is 6.29 Å². The lowest BCUT2D eigenvalue weighted by atomic mass is 9.98. The highest BCUT2D eigenvalue weighted by Crippen LogP contribution is 2.23. The van der Waals surface area contributed by atoms with Gasteiger partial charge in [0.25, 0.3) is 0 Å². The molecule has 1 heterocycles. The summed E-state index contributed by atoms with van der Waals surface area (Å²) in [4.78, 5) is 13.1. The van der Waals surface area contributed by atoms with Gasteiger partial charge in [-0.3, -0.25) is 4.79 Å². The molecule has 0 aromatic carbocycles. The maximum absolute atomic E-state index is 13.1. The quantitative estimate of drug-likeness (QED) is 0.0216. The van der Waals surface area contributed by atoms with Crippen molar-refractivity contribution in [3.05, 3.63) is 36.5 Å². The lowest BCUT2D eigenvalue weighted by Crippen LogP contribution is -2.60. The van der Waals surface area contributed by atoms with Gasteiger partial charge in [0, 0.05) is 0 Å². The molecule has 0 spiro atoms. The van der Waals surface area contributed by atoms with Crippen LogP contribution in [0.4, 0.5) is 0 Å². The second-order valence-electron chi connectivity index (χ2n) is 18.9. The lowest BCUT2D eigenvalue weighted by molar-refractivity contribution is -0.303. The highest BCUT2D eigenvalue weighted by molar-refractivity contribution is 5.80. The highest BCUT2D eigenvalue weighted by atomic mass is 16.7. The van der Waals surface area contributed by atoms with Crippen LogP contribution in [0.1, 0.15) is 232 Å². The molecule has 65 heavy (non-hydrogen) atoms. The zero-order valence-electron chi connectivity index (χ0n) is 41.5. The Morgan fingerprint density at radius 1 is 0.523 bits per heavy atom. The number of hydrogen-bond donors (Lipinski definition) is 8. The van der Waals surface area contributed by atoms with Gasteiger partial charge < -0.3 is 50.5 Å². The SMILES string of the molecule is CCCCCCCCCCC/C=C/CC/C=C/CC/C=C/CCCC(O)C(O)C(COC1OC(CO)C(O)C(O)C1O)NC(=O)C(O)CCCCCCCCCCCCCCCCCC. The Kier molecular flexibility index (Phi) is 41.1. The zero-order valence-corrected chi connectivity index (χ0v) is 41.5. The molecule has 0 bridgehead atoms. The molecule has 11 nitrogen and oxygen atoms in total. The van der Waals surface area contributed by atoms with E-state index >= 15 is 0 Å². The zero-order chi connectivity index (χ0) is 47.6. The van der Waals surface area contributed by atoms with Gasteiger partial charge >= 0.3 is 0 Å². The molecule has 1 rings (SSSR count). The molecule has 1 fully saturated rings. The summed E-state index contributed by atoms with van der Waals surface area (Å²) in [6.45, 7) is 3.44. The minimum absolute atomic E-state index is 0.242. The molecule has 0 saturated carbocycles. The third kappa shape index (κ3) is 32.7. The number of hydrogen-bond acceptors (Lipinski definition) is 10. The van der Waals surface area contributed by atoms with Crippen molar-refractivity contribution in [1.82, 2.24) is 5.32 Å². The van der Waals surface area contributed by atoms with Gasteiger partial charge in [-0.1, -0.05) is 204 Å². The minimum atomic E-state index is -1.67. The first-order valence-corrected chi connectivity index (χ1v) is 26.9. The van der Waals surface area contributed by atoms with Crippen LogP contribution in [0.2, 0.25) is 0 Å². The molecule has 9 unspecified atom stereocenters. The number of aliphatic hydroxyl groups excluding tert-OH is 7. The third-order valence-electron chi connectivity index (χ3n) is 12.9. The van der Waals surface area contributed by atoms with E-state index in [-0.39, 0.29) is 12.8 Å². The molecule has 9 atom stereocenters. The van der Waals surface area contributed by atoms with Crippen molar-refractivity contribution in [1.29, 1.82) is 0 Å². The first kappa shape index (κ1) is 61.3. The van der Waals surface area contributed by atoms with Crippen molar-refractivity contribution in [3.63, 3.8) is 0 Å². The summed E-state index contributed by atoms with van der Waals surface area (Å²) in [6.07, 6.45) is 40.5. The van der Waals surface area contributed by atoms with Crippen LogP contribution in [-0.2, 0) is 14.3 Å². The number of amides is 1. The Balaban J connectivity index is 2.41. The number of carbonyl (C=O) groups is 1. The second-order valence-corrected chi connectivity index (χ2v) is 18.9. The summed E-state index contributed by atoms with van der Waals surface area (Å²) >= 11 is 0. The van der Waals surface area contributed by atoms with Crippen molar-refractivity contribution in [2.45, 2.75) is 287 Å². The van der Waals surface area contributed by atoms with E-state index in [2.05, 4.69) is 55.6 Å². The van der Waals surface area contributed by atoms with Crippen LogP contribution in [0.3, 0.4) is 0 Å². The maximum Gasteiger partial charge on any atom is 0.249 e. The van der Waals surface area contributed by atoms with E-state index < -0.39 is 74.2 Å². The summed E-state index contributed by atoms with van der Waals surface area (Å²) in [6, 6.07) is -1.19. The predicted octanol–water partition coefficient (Wildman–Crippen LogP) is 10.3. The standard InChI is InChI=1S/C54H101NO10/c1-3-5-7-9-11-13-15-17-19-21-22-23-24-25-26-28-29-31-33-35-37-39-41-46(57)49(59)45(44-64-54-52(62)51(61)50(60)48(43-56)65-54)55-53(63)47(58)42-40-38-36-34-32-30-27-20-18-16-14-12-10-8-6-4-2/h22-23,26,28,33,35,45-52,54,56-62H,3-21,24-25,27,29-32,34,36-44H2,1-2H3,(H,55,63)/b23-22+,28-26+,35-33+. The van der Waals surface area contributed by atoms with Gasteiger partial charge in [-0.15, -0.1) is 0 Å². The first-order valence-electron chi connectivity index (χ1n) is 26.9. The van der Waals surface area contributed by atoms with E-state index in [9.17, 15) is 40.5 Å².